The van der Waals surface area contributed by atoms with Crippen molar-refractivity contribution in [2.75, 3.05) is 44.9 Å². The average Bonchev–Trinajstić information content (AvgIpc) is 2.44. The molecule has 0 spiro atoms. The van der Waals surface area contributed by atoms with Crippen LogP contribution in [0.1, 0.15) is 12.8 Å². The summed E-state index contributed by atoms with van der Waals surface area (Å²) in [7, 11) is 3.54. The minimum atomic E-state index is -1.33. The summed E-state index contributed by atoms with van der Waals surface area (Å²) in [4.78, 5) is 11.6. The Morgan fingerprint density at radius 3 is 2.32 bits per heavy atom. The molecule has 0 aliphatic heterocycles. The molecule has 0 bridgehead atoms. The number of aliphatic hydroxyl groups is 3. The van der Waals surface area contributed by atoms with Gasteiger partial charge in [-0.1, -0.05) is 21.6 Å². The van der Waals surface area contributed by atoms with Gasteiger partial charge in [0.25, 0.3) is 0 Å². The molecule has 0 saturated heterocycles. The van der Waals surface area contributed by atoms with Crippen LogP contribution in [0.3, 0.4) is 0 Å². The third-order valence-corrected chi connectivity index (χ3v) is 4.44. The maximum atomic E-state index is 11.6. The van der Waals surface area contributed by atoms with Crippen molar-refractivity contribution in [3.05, 3.63) is 0 Å². The normalized spacial score (nSPS) is 11.6. The van der Waals surface area contributed by atoms with E-state index < -0.39 is 25.4 Å². The molecule has 0 aromatic heterocycles. The zero-order valence-electron chi connectivity index (χ0n) is 11.2. The Morgan fingerprint density at radius 1 is 1.16 bits per heavy atom. The van der Waals surface area contributed by atoms with Crippen LogP contribution in [0.2, 0.25) is 0 Å². The molecule has 0 saturated carbocycles. The summed E-state index contributed by atoms with van der Waals surface area (Å²) in [6.45, 7) is -0.0959. The molecule has 1 amide bonds. The molecule has 6 nitrogen and oxygen atoms in total. The second-order valence-electron chi connectivity index (χ2n) is 4.15. The Bertz CT molecular complexity index is 232. The van der Waals surface area contributed by atoms with E-state index in [0.29, 0.717) is 6.54 Å². The lowest BCUT2D eigenvalue weighted by atomic mass is 10.0. The van der Waals surface area contributed by atoms with Crippen LogP contribution in [0.25, 0.3) is 0 Å². The smallest absolute Gasteiger partial charge is 0.221 e. The van der Waals surface area contributed by atoms with E-state index in [4.69, 9.17) is 15.3 Å². The van der Waals surface area contributed by atoms with Gasteiger partial charge in [0, 0.05) is 18.7 Å². The van der Waals surface area contributed by atoms with E-state index in [1.54, 1.807) is 21.6 Å². The number of aliphatic hydroxyl groups excluding tert-OH is 3. The van der Waals surface area contributed by atoms with Crippen molar-refractivity contribution < 1.29 is 20.1 Å². The van der Waals surface area contributed by atoms with Crippen molar-refractivity contribution in [2.45, 2.75) is 18.4 Å². The molecule has 0 fully saturated rings. The molecule has 0 radical (unpaired) electrons. The molecule has 0 aliphatic carbocycles. The SMILES string of the molecule is CSSCCCNCCC(=O)NC(CO)(CO)CO. The molecule has 0 unspecified atom stereocenters. The zero-order chi connectivity index (χ0) is 14.6. The van der Waals surface area contributed by atoms with Gasteiger partial charge in [0.05, 0.1) is 19.8 Å². The second kappa shape index (κ2) is 11.8. The number of hydrogen-bond acceptors (Lipinski definition) is 7. The van der Waals surface area contributed by atoms with Crippen molar-refractivity contribution in [3.8, 4) is 0 Å². The second-order valence-corrected chi connectivity index (χ2v) is 6.83. The van der Waals surface area contributed by atoms with Crippen LogP contribution >= 0.6 is 21.6 Å². The number of hydrogen-bond donors (Lipinski definition) is 5. The van der Waals surface area contributed by atoms with Crippen molar-refractivity contribution in [2.24, 2.45) is 0 Å². The fourth-order valence-corrected chi connectivity index (χ4v) is 2.58. The Balaban J connectivity index is 3.69. The minimum Gasteiger partial charge on any atom is -0.394 e. The van der Waals surface area contributed by atoms with Gasteiger partial charge in [-0.3, -0.25) is 4.79 Å². The highest BCUT2D eigenvalue weighted by Crippen LogP contribution is 2.16. The van der Waals surface area contributed by atoms with Gasteiger partial charge < -0.3 is 26.0 Å². The van der Waals surface area contributed by atoms with Gasteiger partial charge in [0.2, 0.25) is 5.91 Å². The van der Waals surface area contributed by atoms with Gasteiger partial charge in [-0.25, -0.2) is 0 Å². The molecule has 0 aliphatic rings. The summed E-state index contributed by atoms with van der Waals surface area (Å²) in [6, 6.07) is 0. The first-order chi connectivity index (χ1) is 9.14. The van der Waals surface area contributed by atoms with Gasteiger partial charge >= 0.3 is 0 Å². The third-order valence-electron chi connectivity index (χ3n) is 2.54. The van der Waals surface area contributed by atoms with Gasteiger partial charge in [-0.2, -0.15) is 0 Å². The predicted octanol–water partition coefficient (Wildman–Crippen LogP) is -0.801. The minimum absolute atomic E-state index is 0.247. The number of nitrogens with one attached hydrogen (secondary N) is 2. The predicted molar refractivity (Wildman–Crippen MR) is 80.2 cm³/mol. The van der Waals surface area contributed by atoms with Crippen molar-refractivity contribution in [1.29, 1.82) is 0 Å². The van der Waals surface area contributed by atoms with Crippen LogP contribution in [0.5, 0.6) is 0 Å². The van der Waals surface area contributed by atoms with Crippen LogP contribution in [0.4, 0.5) is 0 Å². The maximum Gasteiger partial charge on any atom is 0.221 e. The monoisotopic (exact) mass is 312 g/mol. The Hall–Kier alpha value is 0.01000. The number of rotatable bonds is 12. The largest absolute Gasteiger partial charge is 0.394 e. The van der Waals surface area contributed by atoms with Crippen LogP contribution in [-0.4, -0.2) is 71.7 Å². The first kappa shape index (κ1) is 19.0. The lowest BCUT2D eigenvalue weighted by Gasteiger charge is -2.28. The number of carbonyl (C=O) groups is 1. The Morgan fingerprint density at radius 2 is 1.79 bits per heavy atom. The number of carbonyl (C=O) groups excluding carboxylic acids is 1. The molecule has 8 heteroatoms. The van der Waals surface area contributed by atoms with Crippen LogP contribution in [-0.2, 0) is 4.79 Å². The first-order valence-corrected chi connectivity index (χ1v) is 8.86. The van der Waals surface area contributed by atoms with E-state index in [9.17, 15) is 4.79 Å². The summed E-state index contributed by atoms with van der Waals surface area (Å²) in [5.41, 5.74) is -1.33. The quantitative estimate of drug-likeness (QED) is 0.237. The standard InChI is InChI=1S/C11H24N2O4S2/c1-18-19-6-2-4-12-5-3-10(17)13-11(7-14,8-15)9-16/h12,14-16H,2-9H2,1H3,(H,13,17). The van der Waals surface area contributed by atoms with Gasteiger partial charge in [-0.05, 0) is 19.2 Å². The molecule has 5 N–H and O–H groups in total. The van der Waals surface area contributed by atoms with E-state index in [2.05, 4.69) is 10.6 Å². The fraction of sp³-hybridized carbons (Fsp3) is 0.909. The van der Waals surface area contributed by atoms with Crippen molar-refractivity contribution >= 4 is 27.5 Å². The first-order valence-electron chi connectivity index (χ1n) is 6.14. The molecule has 0 aromatic carbocycles. The van der Waals surface area contributed by atoms with E-state index >= 15 is 0 Å². The summed E-state index contributed by atoms with van der Waals surface area (Å²) in [5.74, 6) is 0.770. The molecule has 0 rings (SSSR count). The van der Waals surface area contributed by atoms with E-state index in [-0.39, 0.29) is 12.3 Å². The van der Waals surface area contributed by atoms with E-state index in [1.807, 2.05) is 6.26 Å². The van der Waals surface area contributed by atoms with Gasteiger partial charge in [0.1, 0.15) is 5.54 Å². The highest BCUT2D eigenvalue weighted by Gasteiger charge is 2.29. The Kier molecular flexibility index (Phi) is 11.8. The molecule has 0 aromatic rings. The molecular formula is C11H24N2O4S2. The molecular weight excluding hydrogens is 288 g/mol. The lowest BCUT2D eigenvalue weighted by molar-refractivity contribution is -0.125. The summed E-state index contributed by atoms with van der Waals surface area (Å²) in [5, 5.41) is 32.8. The number of amides is 1. The summed E-state index contributed by atoms with van der Waals surface area (Å²) in [6.07, 6.45) is 3.33. The van der Waals surface area contributed by atoms with E-state index in [0.717, 1.165) is 18.7 Å². The van der Waals surface area contributed by atoms with Crippen LogP contribution in [0, 0.1) is 0 Å². The van der Waals surface area contributed by atoms with Crippen molar-refractivity contribution in [3.63, 3.8) is 0 Å². The lowest BCUT2D eigenvalue weighted by Crippen LogP contribution is -2.57. The fourth-order valence-electron chi connectivity index (χ4n) is 1.29. The van der Waals surface area contributed by atoms with Crippen LogP contribution < -0.4 is 10.6 Å². The Labute approximate surface area is 122 Å². The van der Waals surface area contributed by atoms with Crippen molar-refractivity contribution in [1.82, 2.24) is 10.6 Å². The maximum absolute atomic E-state index is 11.6. The highest BCUT2D eigenvalue weighted by molar-refractivity contribution is 8.76. The van der Waals surface area contributed by atoms with Crippen LogP contribution in [0.15, 0.2) is 0 Å². The zero-order valence-corrected chi connectivity index (χ0v) is 12.9. The third kappa shape index (κ3) is 8.72. The van der Waals surface area contributed by atoms with Gasteiger partial charge in [0.15, 0.2) is 0 Å². The highest BCUT2D eigenvalue weighted by atomic mass is 33.1. The molecule has 114 valence electrons. The molecule has 0 heterocycles. The molecule has 0 atom stereocenters. The summed E-state index contributed by atoms with van der Waals surface area (Å²) >= 11 is 0. The molecule has 19 heavy (non-hydrogen) atoms. The average molecular weight is 312 g/mol. The summed E-state index contributed by atoms with van der Waals surface area (Å²) < 4.78 is 0. The topological polar surface area (TPSA) is 102 Å². The van der Waals surface area contributed by atoms with Gasteiger partial charge in [-0.15, -0.1) is 0 Å². The van der Waals surface area contributed by atoms with E-state index in [1.165, 1.54) is 0 Å².